The van der Waals surface area contributed by atoms with Gasteiger partial charge in [0.1, 0.15) is 17.9 Å². The zero-order chi connectivity index (χ0) is 41.8. The molecule has 0 aromatic heterocycles. The molecule has 0 bridgehead atoms. The highest BCUT2D eigenvalue weighted by Crippen LogP contribution is 2.56. The fraction of sp³-hybridized carbons (Fsp3) is 0.444. The molecular weight excluding hydrogens is 772 g/mol. The van der Waals surface area contributed by atoms with Gasteiger partial charge in [0.25, 0.3) is 23.6 Å². The van der Waals surface area contributed by atoms with Crippen molar-refractivity contribution in [2.75, 3.05) is 19.6 Å². The Morgan fingerprint density at radius 3 is 2.08 bits per heavy atom. The summed E-state index contributed by atoms with van der Waals surface area (Å²) in [5, 5.41) is 5.78. The van der Waals surface area contributed by atoms with E-state index in [1.54, 1.807) is 54.6 Å². The molecule has 14 heteroatoms. The van der Waals surface area contributed by atoms with Crippen LogP contribution in [0.25, 0.3) is 4.85 Å². The van der Waals surface area contributed by atoms with Gasteiger partial charge >= 0.3 is 0 Å². The van der Waals surface area contributed by atoms with Gasteiger partial charge in [-0.15, -0.1) is 0 Å². The van der Waals surface area contributed by atoms with Crippen LogP contribution in [0, 0.1) is 28.7 Å². The fourth-order valence-electron chi connectivity index (χ4n) is 11.1. The summed E-state index contributed by atoms with van der Waals surface area (Å²) in [6.07, 6.45) is 2.05. The molecule has 0 radical (unpaired) electrons. The van der Waals surface area contributed by atoms with E-state index < -0.39 is 40.5 Å². The molecule has 2 aliphatic carbocycles. The van der Waals surface area contributed by atoms with Crippen molar-refractivity contribution in [2.45, 2.75) is 84.7 Å². The van der Waals surface area contributed by atoms with Gasteiger partial charge in [0.15, 0.2) is 0 Å². The topological polar surface area (TPSA) is 150 Å². The van der Waals surface area contributed by atoms with Crippen LogP contribution in [0.4, 0.5) is 5.69 Å². The van der Waals surface area contributed by atoms with Crippen molar-refractivity contribution in [3.63, 3.8) is 0 Å². The lowest BCUT2D eigenvalue weighted by Gasteiger charge is -2.63. The Labute approximate surface area is 347 Å². The lowest BCUT2D eigenvalue weighted by molar-refractivity contribution is -0.164. The Balaban J connectivity index is 0.739. The van der Waals surface area contributed by atoms with E-state index in [0.717, 1.165) is 35.4 Å². The van der Waals surface area contributed by atoms with Crippen LogP contribution < -0.4 is 15.4 Å². The second kappa shape index (κ2) is 13.7. The number of nitrogens with zero attached hydrogens (tertiary/aromatic N) is 4. The molecule has 1 spiro atoms. The summed E-state index contributed by atoms with van der Waals surface area (Å²) in [7, 11) is 0. The third-order valence-electron chi connectivity index (χ3n) is 13.6. The second-order valence-corrected chi connectivity index (χ2v) is 19.0. The zero-order valence-electron chi connectivity index (χ0n) is 33.4. The first-order chi connectivity index (χ1) is 28.0. The van der Waals surface area contributed by atoms with Crippen molar-refractivity contribution in [2.24, 2.45) is 22.2 Å². The monoisotopic (exact) mass is 816 g/mol. The number of nitrogens with one attached hydrogen (secondary N) is 2. The first kappa shape index (κ1) is 38.9. The number of likely N-dealkylation sites (tertiary alicyclic amines) is 1. The SMILES string of the molecule is [C-]#[N+]c1ccc(OC2C(C)(C)C(NC(=O)c3ccc(C(=O)N4CC5(CC(CN6Cc7cc8c(cc7C6)C(=O)N(C6CCC(=O)NC6=O)C8=O)C5)C4)cc3)C2(C)C)cc1Cl. The number of carbonyl (C=O) groups excluding carboxylic acids is 6. The van der Waals surface area contributed by atoms with Crippen molar-refractivity contribution in [3.05, 3.63) is 104 Å². The molecule has 3 aromatic carbocycles. The first-order valence-electron chi connectivity index (χ1n) is 20.1. The average molecular weight is 817 g/mol. The van der Waals surface area contributed by atoms with E-state index in [1.165, 1.54) is 0 Å². The zero-order valence-corrected chi connectivity index (χ0v) is 34.2. The van der Waals surface area contributed by atoms with Gasteiger partial charge in [-0.2, -0.15) is 0 Å². The third-order valence-corrected chi connectivity index (χ3v) is 14.0. The van der Waals surface area contributed by atoms with Crippen molar-refractivity contribution >= 4 is 52.7 Å². The van der Waals surface area contributed by atoms with Gasteiger partial charge in [-0.05, 0) is 84.8 Å². The number of benzene rings is 3. The van der Waals surface area contributed by atoms with Gasteiger partial charge in [-0.3, -0.25) is 43.9 Å². The van der Waals surface area contributed by atoms with Gasteiger partial charge in [-0.25, -0.2) is 4.85 Å². The van der Waals surface area contributed by atoms with Gasteiger partial charge in [0.05, 0.1) is 22.7 Å². The van der Waals surface area contributed by atoms with E-state index in [-0.39, 0.29) is 42.2 Å². The maximum absolute atomic E-state index is 13.4. The van der Waals surface area contributed by atoms with E-state index in [4.69, 9.17) is 22.9 Å². The van der Waals surface area contributed by atoms with E-state index in [1.807, 2.05) is 4.90 Å². The quantitative estimate of drug-likeness (QED) is 0.215. The number of hydrogen-bond donors (Lipinski definition) is 2. The number of carbonyl (C=O) groups is 6. The number of amides is 6. The number of rotatable bonds is 8. The lowest BCUT2D eigenvalue weighted by Crippen LogP contribution is -2.74. The first-order valence-corrected chi connectivity index (χ1v) is 20.5. The van der Waals surface area contributed by atoms with Crippen molar-refractivity contribution in [1.82, 2.24) is 25.3 Å². The molecule has 6 aliphatic rings. The van der Waals surface area contributed by atoms with Crippen LogP contribution in [0.15, 0.2) is 54.6 Å². The summed E-state index contributed by atoms with van der Waals surface area (Å²) in [5.74, 6) is -1.18. The molecule has 2 saturated carbocycles. The standard InChI is InChI=1S/C45H45ClN6O7/c1-43(2)41(44(3,4)42(43)59-29-10-11-33(47-5)32(46)16-29)49-36(54)25-6-8-26(9-7-25)38(56)51-22-45(23-51)17-24(18-45)19-50-20-27-14-30-31(15-28(27)21-50)40(58)52(39(30)57)34-12-13-35(53)48-37(34)55/h6-11,14-16,24,34,41-42H,12-13,17-23H2,1-4H3,(H,49,54)(H,48,53,55). The molecule has 1 atom stereocenters. The molecule has 4 aliphatic heterocycles. The molecule has 1 unspecified atom stereocenters. The lowest BCUT2D eigenvalue weighted by atomic mass is 9.49. The van der Waals surface area contributed by atoms with E-state index in [9.17, 15) is 28.8 Å². The molecule has 2 N–H and O–H groups in total. The van der Waals surface area contributed by atoms with E-state index in [2.05, 4.69) is 48.1 Å². The van der Waals surface area contributed by atoms with Crippen molar-refractivity contribution in [3.8, 4) is 5.75 Å². The maximum atomic E-state index is 13.4. The Morgan fingerprint density at radius 1 is 0.898 bits per heavy atom. The van der Waals surface area contributed by atoms with Gasteiger partial charge in [0.2, 0.25) is 17.5 Å². The summed E-state index contributed by atoms with van der Waals surface area (Å²) in [6.45, 7) is 19.1. The summed E-state index contributed by atoms with van der Waals surface area (Å²) < 4.78 is 6.36. The van der Waals surface area contributed by atoms with Crippen LogP contribution in [0.3, 0.4) is 0 Å². The second-order valence-electron chi connectivity index (χ2n) is 18.6. The Hall–Kier alpha value is -5.58. The minimum absolute atomic E-state index is 0.0416. The molecule has 3 aromatic rings. The predicted molar refractivity (Wildman–Crippen MR) is 216 cm³/mol. The van der Waals surface area contributed by atoms with Crippen LogP contribution >= 0.6 is 11.6 Å². The van der Waals surface area contributed by atoms with Crippen LogP contribution in [0.1, 0.15) is 106 Å². The maximum Gasteiger partial charge on any atom is 0.262 e. The summed E-state index contributed by atoms with van der Waals surface area (Å²) in [4.78, 5) is 86.2. The smallest absolute Gasteiger partial charge is 0.262 e. The fourth-order valence-corrected chi connectivity index (χ4v) is 11.4. The molecule has 4 fully saturated rings. The van der Waals surface area contributed by atoms with Crippen molar-refractivity contribution in [1.29, 1.82) is 0 Å². The number of ether oxygens (including phenoxy) is 1. The average Bonchev–Trinajstić information content (AvgIpc) is 3.67. The molecule has 2 saturated heterocycles. The molecule has 59 heavy (non-hydrogen) atoms. The molecule has 304 valence electrons. The molecule has 13 nitrogen and oxygen atoms in total. The van der Waals surface area contributed by atoms with Crippen molar-refractivity contribution < 1.29 is 33.5 Å². The summed E-state index contributed by atoms with van der Waals surface area (Å²) in [5.41, 5.74) is 3.36. The Kier molecular flexibility index (Phi) is 9.06. The molecule has 4 heterocycles. The number of imide groups is 2. The number of hydrogen-bond acceptors (Lipinski definition) is 8. The highest BCUT2D eigenvalue weighted by atomic mass is 35.5. The molecule has 9 rings (SSSR count). The van der Waals surface area contributed by atoms with E-state index in [0.29, 0.717) is 70.8 Å². The largest absolute Gasteiger partial charge is 0.489 e. The van der Waals surface area contributed by atoms with Crippen LogP contribution in [-0.2, 0) is 22.7 Å². The normalized spacial score (nSPS) is 25.0. The highest BCUT2D eigenvalue weighted by Gasteiger charge is 2.64. The number of halogens is 1. The summed E-state index contributed by atoms with van der Waals surface area (Å²) in [6, 6.07) is 14.3. The molecule has 6 amide bonds. The Morgan fingerprint density at radius 2 is 1.51 bits per heavy atom. The van der Waals surface area contributed by atoms with Crippen LogP contribution in [0.5, 0.6) is 5.75 Å². The number of piperidine rings is 1. The highest BCUT2D eigenvalue weighted by molar-refractivity contribution is 6.33. The van der Waals surface area contributed by atoms with Gasteiger partial charge < -0.3 is 15.0 Å². The summed E-state index contributed by atoms with van der Waals surface area (Å²) >= 11 is 6.24. The Bertz CT molecular complexity index is 2350. The minimum Gasteiger partial charge on any atom is -0.489 e. The molecular formula is C45H45ClN6O7. The third kappa shape index (κ3) is 6.39. The van der Waals surface area contributed by atoms with Gasteiger partial charge in [0, 0.05) is 72.6 Å². The van der Waals surface area contributed by atoms with E-state index >= 15 is 0 Å². The van der Waals surface area contributed by atoms with Crippen LogP contribution in [0.2, 0.25) is 5.02 Å². The number of fused-ring (bicyclic) bond motifs is 2. The minimum atomic E-state index is -0.978. The van der Waals surface area contributed by atoms with Gasteiger partial charge in [-0.1, -0.05) is 45.4 Å². The predicted octanol–water partition coefficient (Wildman–Crippen LogP) is 5.77. The van der Waals surface area contributed by atoms with Crippen LogP contribution in [-0.4, -0.2) is 88.0 Å².